The van der Waals surface area contributed by atoms with E-state index in [0.717, 1.165) is 5.57 Å². The van der Waals surface area contributed by atoms with Crippen LogP contribution in [0.2, 0.25) is 0 Å². The van der Waals surface area contributed by atoms with Crippen LogP contribution in [-0.2, 0) is 11.2 Å². The number of primary amides is 1. The first-order chi connectivity index (χ1) is 8.95. The number of nitrogens with two attached hydrogens (primary N) is 1. The molecular weight excluding hydrogens is 266 g/mol. The van der Waals surface area contributed by atoms with Crippen LogP contribution in [0.4, 0.5) is 4.79 Å². The zero-order valence-electron chi connectivity index (χ0n) is 10.3. The van der Waals surface area contributed by atoms with Crippen LogP contribution in [0.25, 0.3) is 11.0 Å². The fourth-order valence-electron chi connectivity index (χ4n) is 1.55. The van der Waals surface area contributed by atoms with Gasteiger partial charge in [-0.2, -0.15) is 4.98 Å². The Morgan fingerprint density at radius 3 is 3.00 bits per heavy atom. The molecule has 0 aliphatic carbocycles. The zero-order chi connectivity index (χ0) is 14.0. The standard InChI is InChI=1S/C12H13N3O3S/c1-7(2)6-19(17)8-3-4-9-10(5-8)15-12(14-9)18-11(13)16/h3-5H,1,6H2,2H3,(H2,13,16)(H,14,15). The number of hydrogen-bond acceptors (Lipinski definition) is 4. The molecule has 6 nitrogen and oxygen atoms in total. The molecule has 0 saturated heterocycles. The van der Waals surface area contributed by atoms with E-state index in [1.54, 1.807) is 18.2 Å². The molecule has 1 amide bonds. The highest BCUT2D eigenvalue weighted by Crippen LogP contribution is 2.21. The molecule has 0 aliphatic heterocycles. The van der Waals surface area contributed by atoms with Crippen molar-refractivity contribution >= 4 is 28.3 Å². The fourth-order valence-corrected chi connectivity index (χ4v) is 2.63. The molecular formula is C12H13N3O3S. The summed E-state index contributed by atoms with van der Waals surface area (Å²) in [5.74, 6) is 0.403. The van der Waals surface area contributed by atoms with Crippen molar-refractivity contribution in [2.45, 2.75) is 11.8 Å². The monoisotopic (exact) mass is 279 g/mol. The number of nitrogens with one attached hydrogen (secondary N) is 1. The highest BCUT2D eigenvalue weighted by atomic mass is 32.2. The van der Waals surface area contributed by atoms with Gasteiger partial charge < -0.3 is 20.0 Å². The Balaban J connectivity index is 2.29. The summed E-state index contributed by atoms with van der Waals surface area (Å²) >= 11 is -1.16. The molecule has 7 heteroatoms. The van der Waals surface area contributed by atoms with Crippen molar-refractivity contribution in [2.24, 2.45) is 5.73 Å². The minimum Gasteiger partial charge on any atom is -0.611 e. The van der Waals surface area contributed by atoms with E-state index >= 15 is 0 Å². The molecule has 0 spiro atoms. The molecule has 100 valence electrons. The van der Waals surface area contributed by atoms with Gasteiger partial charge in [0, 0.05) is 6.07 Å². The average Bonchev–Trinajstić information content (AvgIpc) is 2.67. The van der Waals surface area contributed by atoms with Gasteiger partial charge in [0.2, 0.25) is 0 Å². The molecule has 0 fully saturated rings. The molecule has 0 bridgehead atoms. The number of hydrogen-bond donors (Lipinski definition) is 2. The summed E-state index contributed by atoms with van der Waals surface area (Å²) in [6, 6.07) is 5.15. The molecule has 0 aliphatic rings. The summed E-state index contributed by atoms with van der Waals surface area (Å²) in [6.45, 7) is 5.56. The molecule has 1 aromatic heterocycles. The van der Waals surface area contributed by atoms with E-state index < -0.39 is 17.3 Å². The number of carbonyl (C=O) groups excluding carboxylic acids is 1. The molecule has 19 heavy (non-hydrogen) atoms. The van der Waals surface area contributed by atoms with Crippen LogP contribution in [-0.4, -0.2) is 26.4 Å². The van der Waals surface area contributed by atoms with Crippen LogP contribution in [0.3, 0.4) is 0 Å². The maximum absolute atomic E-state index is 12.0. The van der Waals surface area contributed by atoms with Crippen LogP contribution in [0, 0.1) is 0 Å². The van der Waals surface area contributed by atoms with Gasteiger partial charge in [0.25, 0.3) is 0 Å². The zero-order valence-corrected chi connectivity index (χ0v) is 11.1. The summed E-state index contributed by atoms with van der Waals surface area (Å²) in [7, 11) is 0. The molecule has 1 unspecified atom stereocenters. The lowest BCUT2D eigenvalue weighted by Crippen LogP contribution is -2.16. The number of nitrogens with zero attached hydrogens (tertiary/aromatic N) is 1. The molecule has 1 heterocycles. The van der Waals surface area contributed by atoms with E-state index in [2.05, 4.69) is 21.3 Å². The van der Waals surface area contributed by atoms with Gasteiger partial charge in [0.05, 0.1) is 11.0 Å². The summed E-state index contributed by atoms with van der Waals surface area (Å²) in [4.78, 5) is 18.1. The number of fused-ring (bicyclic) bond motifs is 1. The highest BCUT2D eigenvalue weighted by molar-refractivity contribution is 7.91. The Morgan fingerprint density at radius 1 is 1.63 bits per heavy atom. The number of aromatic nitrogens is 2. The maximum atomic E-state index is 12.0. The van der Waals surface area contributed by atoms with E-state index in [9.17, 15) is 9.35 Å². The average molecular weight is 279 g/mol. The second-order valence-electron chi connectivity index (χ2n) is 4.09. The Kier molecular flexibility index (Phi) is 3.77. The topological polar surface area (TPSA) is 104 Å². The maximum Gasteiger partial charge on any atom is 0.412 e. The van der Waals surface area contributed by atoms with Crippen LogP contribution >= 0.6 is 0 Å². The quantitative estimate of drug-likeness (QED) is 0.656. The van der Waals surface area contributed by atoms with Gasteiger partial charge >= 0.3 is 12.1 Å². The smallest absolute Gasteiger partial charge is 0.412 e. The van der Waals surface area contributed by atoms with E-state index in [-0.39, 0.29) is 6.01 Å². The third kappa shape index (κ3) is 3.27. The van der Waals surface area contributed by atoms with E-state index in [1.807, 2.05) is 6.92 Å². The van der Waals surface area contributed by atoms with Crippen molar-refractivity contribution in [3.63, 3.8) is 0 Å². The number of rotatable bonds is 4. The lowest BCUT2D eigenvalue weighted by Gasteiger charge is -2.09. The van der Waals surface area contributed by atoms with Crippen LogP contribution in [0.15, 0.2) is 35.2 Å². The van der Waals surface area contributed by atoms with Crippen LogP contribution in [0.1, 0.15) is 6.92 Å². The van der Waals surface area contributed by atoms with Crippen molar-refractivity contribution in [3.8, 4) is 6.01 Å². The third-order valence-electron chi connectivity index (χ3n) is 2.27. The molecule has 0 saturated carbocycles. The lowest BCUT2D eigenvalue weighted by molar-refractivity contribution is 0.207. The third-order valence-corrected chi connectivity index (χ3v) is 3.81. The molecule has 3 N–H and O–H groups in total. The summed E-state index contributed by atoms with van der Waals surface area (Å²) in [5, 5.41) is 0. The first-order valence-corrected chi connectivity index (χ1v) is 6.77. The Hall–Kier alpha value is -1.99. The number of ether oxygens (including phenoxy) is 1. The molecule has 0 radical (unpaired) electrons. The number of carbonyl (C=O) groups is 1. The van der Waals surface area contributed by atoms with Crippen molar-refractivity contribution in [1.82, 2.24) is 9.97 Å². The SMILES string of the molecule is C=C(C)C[S+]([O-])c1ccc2[nH]c(OC(N)=O)nc2c1. The second kappa shape index (κ2) is 5.33. The van der Waals surface area contributed by atoms with Gasteiger partial charge in [0.1, 0.15) is 5.75 Å². The van der Waals surface area contributed by atoms with Crippen molar-refractivity contribution in [3.05, 3.63) is 30.4 Å². The lowest BCUT2D eigenvalue weighted by atomic mass is 10.3. The van der Waals surface area contributed by atoms with Gasteiger partial charge in [-0.1, -0.05) is 6.58 Å². The number of benzene rings is 1. The Bertz CT molecular complexity index is 638. The van der Waals surface area contributed by atoms with Gasteiger partial charge in [-0.15, -0.1) is 0 Å². The van der Waals surface area contributed by atoms with E-state index in [0.29, 0.717) is 21.7 Å². The van der Waals surface area contributed by atoms with E-state index in [4.69, 9.17) is 5.73 Å². The summed E-state index contributed by atoms with van der Waals surface area (Å²) in [6.07, 6.45) is -0.940. The van der Waals surface area contributed by atoms with Crippen LogP contribution in [0.5, 0.6) is 6.01 Å². The number of imidazole rings is 1. The molecule has 1 aromatic carbocycles. The van der Waals surface area contributed by atoms with Crippen molar-refractivity contribution in [2.75, 3.05) is 5.75 Å². The minimum atomic E-state index is -1.16. The largest absolute Gasteiger partial charge is 0.611 e. The first kappa shape index (κ1) is 13.4. The van der Waals surface area contributed by atoms with Gasteiger partial charge in [-0.3, -0.25) is 0 Å². The predicted octanol–water partition coefficient (Wildman–Crippen LogP) is 1.70. The van der Waals surface area contributed by atoms with Gasteiger partial charge in [-0.05, 0) is 35.8 Å². The molecule has 1 atom stereocenters. The van der Waals surface area contributed by atoms with E-state index in [1.165, 1.54) is 0 Å². The normalized spacial score (nSPS) is 12.3. The van der Waals surface area contributed by atoms with Crippen molar-refractivity contribution < 1.29 is 14.1 Å². The Labute approximate surface area is 112 Å². The second-order valence-corrected chi connectivity index (χ2v) is 5.54. The van der Waals surface area contributed by atoms with Gasteiger partial charge in [0.15, 0.2) is 4.90 Å². The number of H-pyrrole nitrogens is 1. The number of amides is 1. The number of aromatic amines is 1. The van der Waals surface area contributed by atoms with Gasteiger partial charge in [-0.25, -0.2) is 4.79 Å². The minimum absolute atomic E-state index is 0.0188. The predicted molar refractivity (Wildman–Crippen MR) is 72.4 cm³/mol. The molecule has 2 aromatic rings. The fraction of sp³-hybridized carbons (Fsp3) is 0.167. The Morgan fingerprint density at radius 2 is 2.37 bits per heavy atom. The highest BCUT2D eigenvalue weighted by Gasteiger charge is 2.14. The van der Waals surface area contributed by atoms with Crippen molar-refractivity contribution in [1.29, 1.82) is 0 Å². The summed E-state index contributed by atoms with van der Waals surface area (Å²) < 4.78 is 16.6. The molecule has 2 rings (SSSR count). The first-order valence-electron chi connectivity index (χ1n) is 5.45. The summed E-state index contributed by atoms with van der Waals surface area (Å²) in [5.41, 5.74) is 6.98. The van der Waals surface area contributed by atoms with Crippen LogP contribution < -0.4 is 10.5 Å².